The van der Waals surface area contributed by atoms with Crippen LogP contribution in [0.2, 0.25) is 5.02 Å². The molecule has 0 spiro atoms. The zero-order valence-corrected chi connectivity index (χ0v) is 17.9. The number of rotatable bonds is 3. The maximum atomic E-state index is 11.1. The third kappa shape index (κ3) is 2.87. The summed E-state index contributed by atoms with van der Waals surface area (Å²) in [4.78, 5) is 13.5. The lowest BCUT2D eigenvalue weighted by Gasteiger charge is -2.38. The predicted molar refractivity (Wildman–Crippen MR) is 127 cm³/mol. The van der Waals surface area contributed by atoms with E-state index in [0.29, 0.717) is 34.7 Å². The van der Waals surface area contributed by atoms with Crippen molar-refractivity contribution in [3.05, 3.63) is 72.1 Å². The molecule has 0 radical (unpaired) electrons. The maximum Gasteiger partial charge on any atom is 0.148 e. The Morgan fingerprint density at radius 1 is 1.00 bits per heavy atom. The molecule has 1 aliphatic rings. The van der Waals surface area contributed by atoms with Gasteiger partial charge in [0, 0.05) is 33.3 Å². The largest absolute Gasteiger partial charge is 0.383 e. The van der Waals surface area contributed by atoms with Crippen molar-refractivity contribution in [3.8, 4) is 22.4 Å². The second-order valence-corrected chi connectivity index (χ2v) is 8.70. The summed E-state index contributed by atoms with van der Waals surface area (Å²) in [6.07, 6.45) is 5.63. The Labute approximate surface area is 189 Å². The number of halogens is 1. The number of aromatic nitrogens is 4. The lowest BCUT2D eigenvalue weighted by Crippen LogP contribution is -2.39. The van der Waals surface area contributed by atoms with Gasteiger partial charge in [0.15, 0.2) is 0 Å². The molecule has 2 aromatic carbocycles. The normalized spacial score (nSPS) is 15.2. The Hall–Kier alpha value is -3.48. The first-order valence-corrected chi connectivity index (χ1v) is 10.9. The van der Waals surface area contributed by atoms with Crippen molar-refractivity contribution in [1.29, 1.82) is 0 Å². The lowest BCUT2D eigenvalue weighted by molar-refractivity contribution is -0.103. The molecule has 1 saturated carbocycles. The van der Waals surface area contributed by atoms with Gasteiger partial charge < -0.3 is 15.4 Å². The van der Waals surface area contributed by atoms with Crippen LogP contribution in [0, 0.1) is 0 Å². The molecule has 5 aromatic rings. The van der Waals surface area contributed by atoms with E-state index < -0.39 is 5.72 Å². The number of nitrogen functional groups attached to an aromatic ring is 1. The van der Waals surface area contributed by atoms with Crippen LogP contribution in [0.5, 0.6) is 0 Å². The summed E-state index contributed by atoms with van der Waals surface area (Å²) in [5.41, 5.74) is 10.3. The number of pyridine rings is 1. The molecule has 0 unspecified atom stereocenters. The Bertz CT molecular complexity index is 1490. The van der Waals surface area contributed by atoms with E-state index in [-0.39, 0.29) is 0 Å². The van der Waals surface area contributed by atoms with Crippen molar-refractivity contribution >= 4 is 39.4 Å². The van der Waals surface area contributed by atoms with Gasteiger partial charge in [-0.2, -0.15) is 0 Å². The van der Waals surface area contributed by atoms with Crippen LogP contribution in [0.3, 0.4) is 0 Å². The van der Waals surface area contributed by atoms with Crippen molar-refractivity contribution < 1.29 is 5.11 Å². The molecule has 3 aromatic heterocycles. The lowest BCUT2D eigenvalue weighted by atomic mass is 9.88. The van der Waals surface area contributed by atoms with Crippen LogP contribution in [-0.2, 0) is 5.72 Å². The quantitative estimate of drug-likeness (QED) is 0.392. The molecule has 3 heterocycles. The first-order chi connectivity index (χ1) is 15.5. The number of anilines is 1. The summed E-state index contributed by atoms with van der Waals surface area (Å²) in [7, 11) is 0. The van der Waals surface area contributed by atoms with E-state index in [4.69, 9.17) is 22.3 Å². The minimum atomic E-state index is -0.959. The molecule has 0 amide bonds. The first-order valence-electron chi connectivity index (χ1n) is 10.5. The number of hydrogen-bond donors (Lipinski definition) is 2. The molecule has 7 heteroatoms. The molecule has 6 nitrogen and oxygen atoms in total. The molecule has 0 aliphatic heterocycles. The highest BCUT2D eigenvalue weighted by atomic mass is 35.5. The van der Waals surface area contributed by atoms with Crippen LogP contribution < -0.4 is 5.73 Å². The molecule has 0 atom stereocenters. The molecule has 158 valence electrons. The van der Waals surface area contributed by atoms with Crippen LogP contribution >= 0.6 is 11.6 Å². The highest BCUT2D eigenvalue weighted by molar-refractivity contribution is 6.34. The van der Waals surface area contributed by atoms with Crippen LogP contribution in [0.4, 0.5) is 5.82 Å². The van der Waals surface area contributed by atoms with E-state index in [9.17, 15) is 5.11 Å². The third-order valence-corrected chi connectivity index (χ3v) is 6.67. The average Bonchev–Trinajstić information content (AvgIpc) is 3.18. The van der Waals surface area contributed by atoms with Gasteiger partial charge in [-0.25, -0.2) is 15.0 Å². The van der Waals surface area contributed by atoms with Crippen LogP contribution in [-0.4, -0.2) is 24.6 Å². The zero-order valence-electron chi connectivity index (χ0n) is 17.2. The number of hydrogen-bond acceptors (Lipinski definition) is 5. The van der Waals surface area contributed by atoms with E-state index in [1.54, 1.807) is 0 Å². The maximum absolute atomic E-state index is 11.1. The minimum Gasteiger partial charge on any atom is -0.383 e. The van der Waals surface area contributed by atoms with Gasteiger partial charge in [-0.05, 0) is 37.5 Å². The van der Waals surface area contributed by atoms with Gasteiger partial charge in [-0.1, -0.05) is 48.0 Å². The second-order valence-electron chi connectivity index (χ2n) is 8.29. The standard InChI is InChI=1S/C25H20ClN5O/c26-19-11-16-7-8-20(15-5-2-1-3-6-15)30-21(16)12-17(19)18-13-31(25(32)9-4-10-25)24-22(18)23(27)28-14-29-24/h1-3,5-8,11-14,32H,4,9-10H2,(H2,27,28,29). The minimum absolute atomic E-state index is 0.355. The highest BCUT2D eigenvalue weighted by Crippen LogP contribution is 2.44. The van der Waals surface area contributed by atoms with Gasteiger partial charge in [-0.3, -0.25) is 0 Å². The molecule has 1 fully saturated rings. The Balaban J connectivity index is 1.59. The third-order valence-electron chi connectivity index (χ3n) is 6.35. The Morgan fingerprint density at radius 3 is 2.56 bits per heavy atom. The van der Waals surface area contributed by atoms with Gasteiger partial charge in [0.25, 0.3) is 0 Å². The fourth-order valence-corrected chi connectivity index (χ4v) is 4.73. The number of fused-ring (bicyclic) bond motifs is 2. The smallest absolute Gasteiger partial charge is 0.148 e. The van der Waals surface area contributed by atoms with Crippen molar-refractivity contribution in [2.45, 2.75) is 25.0 Å². The molecule has 0 saturated heterocycles. The SMILES string of the molecule is Nc1ncnc2c1c(-c1cc3nc(-c4ccccc4)ccc3cc1Cl)cn2C1(O)CCC1. The number of nitrogens with zero attached hydrogens (tertiary/aromatic N) is 4. The van der Waals surface area contributed by atoms with E-state index in [2.05, 4.69) is 9.97 Å². The highest BCUT2D eigenvalue weighted by Gasteiger charge is 2.38. The van der Waals surface area contributed by atoms with Crippen LogP contribution in [0.15, 0.2) is 67.1 Å². The monoisotopic (exact) mass is 441 g/mol. The van der Waals surface area contributed by atoms with Gasteiger partial charge in [0.05, 0.1) is 16.6 Å². The molecule has 3 N–H and O–H groups in total. The van der Waals surface area contributed by atoms with Gasteiger partial charge in [-0.15, -0.1) is 0 Å². The number of nitrogens with two attached hydrogens (primary N) is 1. The van der Waals surface area contributed by atoms with E-state index in [0.717, 1.165) is 39.7 Å². The average molecular weight is 442 g/mol. The van der Waals surface area contributed by atoms with Gasteiger partial charge >= 0.3 is 0 Å². The molecule has 1 aliphatic carbocycles. The van der Waals surface area contributed by atoms with Gasteiger partial charge in [0.1, 0.15) is 23.5 Å². The van der Waals surface area contributed by atoms with E-state index in [1.807, 2.05) is 65.4 Å². The molecular formula is C25H20ClN5O. The Kier molecular flexibility index (Phi) is 4.22. The first kappa shape index (κ1) is 19.2. The van der Waals surface area contributed by atoms with Crippen LogP contribution in [0.25, 0.3) is 44.3 Å². The van der Waals surface area contributed by atoms with Crippen LogP contribution in [0.1, 0.15) is 19.3 Å². The summed E-state index contributed by atoms with van der Waals surface area (Å²) in [5, 5.41) is 13.3. The second kappa shape index (κ2) is 7.02. The Morgan fingerprint density at radius 2 is 1.81 bits per heavy atom. The van der Waals surface area contributed by atoms with Crippen molar-refractivity contribution in [3.63, 3.8) is 0 Å². The number of benzene rings is 2. The molecule has 32 heavy (non-hydrogen) atoms. The number of aliphatic hydroxyl groups is 1. The van der Waals surface area contributed by atoms with Gasteiger partial charge in [0.2, 0.25) is 0 Å². The topological polar surface area (TPSA) is 89.9 Å². The molecule has 6 rings (SSSR count). The van der Waals surface area contributed by atoms with E-state index >= 15 is 0 Å². The summed E-state index contributed by atoms with van der Waals surface area (Å²) >= 11 is 6.74. The summed E-state index contributed by atoms with van der Waals surface area (Å²) in [5.74, 6) is 0.355. The van der Waals surface area contributed by atoms with Crippen molar-refractivity contribution in [2.24, 2.45) is 0 Å². The zero-order chi connectivity index (χ0) is 21.9. The van der Waals surface area contributed by atoms with E-state index in [1.165, 1.54) is 6.33 Å². The summed E-state index contributed by atoms with van der Waals surface area (Å²) in [6, 6.07) is 18.0. The summed E-state index contributed by atoms with van der Waals surface area (Å²) < 4.78 is 1.81. The fourth-order valence-electron chi connectivity index (χ4n) is 4.46. The molecule has 0 bridgehead atoms. The molecular weight excluding hydrogens is 422 g/mol. The van der Waals surface area contributed by atoms with Crippen molar-refractivity contribution in [2.75, 3.05) is 5.73 Å². The fraction of sp³-hybridized carbons (Fsp3) is 0.160. The summed E-state index contributed by atoms with van der Waals surface area (Å²) in [6.45, 7) is 0. The van der Waals surface area contributed by atoms with Crippen molar-refractivity contribution in [1.82, 2.24) is 19.5 Å². The predicted octanol–water partition coefficient (Wildman–Crippen LogP) is 5.38.